The molecule has 10 heteroatoms. The molecule has 1 aromatic carbocycles. The highest BCUT2D eigenvalue weighted by Gasteiger charge is 2.23. The van der Waals surface area contributed by atoms with Crippen LogP contribution in [-0.4, -0.2) is 60.2 Å². The zero-order chi connectivity index (χ0) is 27.7. The first-order chi connectivity index (χ1) is 18.6. The molecule has 4 aromatic rings. The molecule has 0 radical (unpaired) electrons. The molecule has 1 fully saturated rings. The Morgan fingerprint density at radius 2 is 1.85 bits per heavy atom. The minimum absolute atomic E-state index is 0.358. The number of benzene rings is 1. The number of nitrogens with zero attached hydrogens (tertiary/aromatic N) is 5. The summed E-state index contributed by atoms with van der Waals surface area (Å²) in [5, 5.41) is 9.63. The van der Waals surface area contributed by atoms with Crippen molar-refractivity contribution in [3.8, 4) is 5.75 Å². The van der Waals surface area contributed by atoms with E-state index in [4.69, 9.17) is 14.7 Å². The summed E-state index contributed by atoms with van der Waals surface area (Å²) in [5.41, 5.74) is 1.80. The van der Waals surface area contributed by atoms with Crippen LogP contribution in [0.4, 0.5) is 33.3 Å². The first-order valence-corrected chi connectivity index (χ1v) is 14.1. The van der Waals surface area contributed by atoms with Crippen LogP contribution >= 0.6 is 11.3 Å². The molecule has 0 aliphatic carbocycles. The Hall–Kier alpha value is -3.50. The summed E-state index contributed by atoms with van der Waals surface area (Å²) in [5.74, 6) is 2.41. The maximum Gasteiger partial charge on any atom is 0.230 e. The van der Waals surface area contributed by atoms with Crippen LogP contribution in [0.5, 0.6) is 5.75 Å². The van der Waals surface area contributed by atoms with Crippen molar-refractivity contribution in [1.82, 2.24) is 19.9 Å². The number of hydrogen-bond donors (Lipinski definition) is 2. The van der Waals surface area contributed by atoms with Gasteiger partial charge in [-0.25, -0.2) is 14.4 Å². The molecule has 0 spiro atoms. The van der Waals surface area contributed by atoms with Crippen molar-refractivity contribution >= 4 is 50.5 Å². The molecular weight excluding hydrogens is 513 g/mol. The van der Waals surface area contributed by atoms with Crippen molar-refractivity contribution in [2.75, 3.05) is 49.8 Å². The lowest BCUT2D eigenvalue weighted by Gasteiger charge is -2.37. The summed E-state index contributed by atoms with van der Waals surface area (Å²) in [4.78, 5) is 19.6. The number of hydrogen-bond acceptors (Lipinski definition) is 9. The third-order valence-corrected chi connectivity index (χ3v) is 8.18. The van der Waals surface area contributed by atoms with Crippen LogP contribution in [0, 0.1) is 6.92 Å². The highest BCUT2D eigenvalue weighted by Crippen LogP contribution is 2.36. The number of halogens is 1. The van der Waals surface area contributed by atoms with Crippen molar-refractivity contribution in [1.29, 1.82) is 0 Å². The van der Waals surface area contributed by atoms with Crippen LogP contribution in [0.1, 0.15) is 37.9 Å². The molecular formula is C29H36FN7OS. The fraction of sp³-hybridized carbons (Fsp3) is 0.414. The molecule has 0 atom stereocenters. The van der Waals surface area contributed by atoms with Crippen molar-refractivity contribution < 1.29 is 9.13 Å². The second-order valence-electron chi connectivity index (χ2n) is 10.7. The minimum atomic E-state index is -1.54. The lowest BCUT2D eigenvalue weighted by atomic mass is 10.0. The SMILES string of the molecule is COc1cc(Nc2nc(Nc3cccc(C(C)(C)F)n3)c3c(C)csc3n2)ccc1N1CCC(N(C)C)CC1. The Morgan fingerprint density at radius 3 is 2.54 bits per heavy atom. The number of piperidine rings is 1. The van der Waals surface area contributed by atoms with E-state index in [2.05, 4.69) is 51.0 Å². The van der Waals surface area contributed by atoms with Gasteiger partial charge in [0.2, 0.25) is 5.95 Å². The highest BCUT2D eigenvalue weighted by atomic mass is 32.1. The number of rotatable bonds is 8. The molecule has 0 amide bonds. The third-order valence-electron chi connectivity index (χ3n) is 7.19. The van der Waals surface area contributed by atoms with Gasteiger partial charge in [-0.2, -0.15) is 4.98 Å². The van der Waals surface area contributed by atoms with E-state index in [1.807, 2.05) is 25.1 Å². The Kier molecular flexibility index (Phi) is 7.59. The smallest absolute Gasteiger partial charge is 0.230 e. The quantitative estimate of drug-likeness (QED) is 0.254. The molecule has 0 saturated carbocycles. The Labute approximate surface area is 233 Å². The van der Waals surface area contributed by atoms with Gasteiger partial charge >= 0.3 is 0 Å². The number of aryl methyl sites for hydroxylation is 1. The number of fused-ring (bicyclic) bond motifs is 1. The second kappa shape index (κ2) is 10.9. The summed E-state index contributed by atoms with van der Waals surface area (Å²) < 4.78 is 20.3. The van der Waals surface area contributed by atoms with E-state index in [1.165, 1.54) is 13.8 Å². The number of nitrogens with one attached hydrogen (secondary N) is 2. The minimum Gasteiger partial charge on any atom is -0.495 e. The molecule has 206 valence electrons. The maximum atomic E-state index is 14.5. The fourth-order valence-corrected chi connectivity index (χ4v) is 5.88. The standard InChI is InChI=1S/C29H36FN7OS/c1-18-17-39-27-25(18)26(33-24-9-7-8-23(32-24)29(2,3)30)34-28(35-27)31-19-10-11-21(22(16-19)38-6)37-14-12-20(13-15-37)36(4)5/h7-11,16-17,20H,12-15H2,1-6H3,(H2,31,32,33,34,35). The largest absolute Gasteiger partial charge is 0.495 e. The Bertz CT molecular complexity index is 1460. The van der Waals surface area contributed by atoms with Crippen molar-refractivity contribution in [3.63, 3.8) is 0 Å². The topological polar surface area (TPSA) is 78.4 Å². The van der Waals surface area contributed by atoms with E-state index in [-0.39, 0.29) is 0 Å². The summed E-state index contributed by atoms with van der Waals surface area (Å²) >= 11 is 1.56. The van der Waals surface area contributed by atoms with Crippen molar-refractivity contribution in [2.24, 2.45) is 0 Å². The van der Waals surface area contributed by atoms with Crippen LogP contribution in [0.25, 0.3) is 10.2 Å². The van der Waals surface area contributed by atoms with Gasteiger partial charge in [-0.05, 0) is 82.9 Å². The van der Waals surface area contributed by atoms with Crippen molar-refractivity contribution in [2.45, 2.75) is 45.3 Å². The van der Waals surface area contributed by atoms with Gasteiger partial charge in [0.15, 0.2) is 0 Å². The molecule has 0 unspecified atom stereocenters. The summed E-state index contributed by atoms with van der Waals surface area (Å²) in [6.07, 6.45) is 2.25. The second-order valence-corrected chi connectivity index (χ2v) is 11.6. The van der Waals surface area contributed by atoms with Crippen LogP contribution in [0.3, 0.4) is 0 Å². The van der Waals surface area contributed by atoms with Gasteiger partial charge in [-0.15, -0.1) is 11.3 Å². The number of pyridine rings is 1. The van der Waals surface area contributed by atoms with E-state index in [9.17, 15) is 4.39 Å². The van der Waals surface area contributed by atoms with Gasteiger partial charge in [0, 0.05) is 30.9 Å². The summed E-state index contributed by atoms with van der Waals surface area (Å²) in [6.45, 7) is 7.01. The molecule has 4 heterocycles. The van der Waals surface area contributed by atoms with Gasteiger partial charge in [-0.1, -0.05) is 6.07 Å². The van der Waals surface area contributed by atoms with Crippen LogP contribution < -0.4 is 20.3 Å². The van der Waals surface area contributed by atoms with Crippen LogP contribution in [0.15, 0.2) is 41.8 Å². The van der Waals surface area contributed by atoms with E-state index in [1.54, 1.807) is 30.6 Å². The monoisotopic (exact) mass is 549 g/mol. The number of alkyl halides is 1. The molecule has 39 heavy (non-hydrogen) atoms. The first kappa shape index (κ1) is 27.1. The van der Waals surface area contributed by atoms with Gasteiger partial charge in [-0.3, -0.25) is 0 Å². The van der Waals surface area contributed by atoms with E-state index < -0.39 is 5.67 Å². The fourth-order valence-electron chi connectivity index (χ4n) is 4.96. The van der Waals surface area contributed by atoms with E-state index >= 15 is 0 Å². The molecule has 5 rings (SSSR count). The van der Waals surface area contributed by atoms with Crippen LogP contribution in [-0.2, 0) is 5.67 Å². The van der Waals surface area contributed by atoms with Gasteiger partial charge in [0.05, 0.1) is 23.9 Å². The first-order valence-electron chi connectivity index (χ1n) is 13.2. The summed E-state index contributed by atoms with van der Waals surface area (Å²) in [6, 6.07) is 12.0. The predicted octanol–water partition coefficient (Wildman–Crippen LogP) is 6.63. The number of ether oxygens (including phenoxy) is 1. The summed E-state index contributed by atoms with van der Waals surface area (Å²) in [7, 11) is 6.00. The maximum absolute atomic E-state index is 14.5. The zero-order valence-corrected chi connectivity index (χ0v) is 24.2. The van der Waals surface area contributed by atoms with Gasteiger partial charge in [0.1, 0.15) is 27.9 Å². The van der Waals surface area contributed by atoms with Crippen LogP contribution in [0.2, 0.25) is 0 Å². The molecule has 3 aromatic heterocycles. The number of aromatic nitrogens is 3. The highest BCUT2D eigenvalue weighted by molar-refractivity contribution is 7.17. The number of methoxy groups -OCH3 is 1. The molecule has 1 aliphatic rings. The lowest BCUT2D eigenvalue weighted by Crippen LogP contribution is -2.42. The van der Waals surface area contributed by atoms with Gasteiger partial charge < -0.3 is 25.2 Å². The average Bonchev–Trinajstić information content (AvgIpc) is 3.29. The van der Waals surface area contributed by atoms with E-state index in [0.717, 1.165) is 58.8 Å². The molecule has 1 aliphatic heterocycles. The third kappa shape index (κ3) is 5.91. The molecule has 1 saturated heterocycles. The molecule has 8 nitrogen and oxygen atoms in total. The number of anilines is 5. The normalized spacial score (nSPS) is 14.7. The molecule has 0 bridgehead atoms. The Morgan fingerprint density at radius 1 is 1.08 bits per heavy atom. The zero-order valence-electron chi connectivity index (χ0n) is 23.4. The predicted molar refractivity (Wildman–Crippen MR) is 159 cm³/mol. The Balaban J connectivity index is 1.41. The molecule has 2 N–H and O–H groups in total. The number of thiophene rings is 1. The van der Waals surface area contributed by atoms with Gasteiger partial charge in [0.25, 0.3) is 0 Å². The van der Waals surface area contributed by atoms with Crippen molar-refractivity contribution in [3.05, 3.63) is 53.0 Å². The van der Waals surface area contributed by atoms with E-state index in [0.29, 0.717) is 29.3 Å². The lowest BCUT2D eigenvalue weighted by molar-refractivity contribution is 0.214. The average molecular weight is 550 g/mol.